The number of nitrogens with one attached hydrogen (secondary N) is 2. The highest BCUT2D eigenvalue weighted by Crippen LogP contribution is 2.44. The minimum atomic E-state index is -0.764. The zero-order chi connectivity index (χ0) is 19.7. The van der Waals surface area contributed by atoms with Crippen LogP contribution in [0.1, 0.15) is 33.1 Å². The van der Waals surface area contributed by atoms with Crippen LogP contribution in [0.4, 0.5) is 0 Å². The first kappa shape index (κ1) is 21.0. The average molecular weight is 386 g/mol. The molecule has 0 amide bonds. The molecule has 8 nitrogen and oxygen atoms in total. The molecule has 0 spiro atoms. The third-order valence-corrected chi connectivity index (χ3v) is 6.86. The summed E-state index contributed by atoms with van der Waals surface area (Å²) in [6.45, 7) is 4.90. The van der Waals surface area contributed by atoms with Crippen molar-refractivity contribution in [3.05, 3.63) is 0 Å². The van der Waals surface area contributed by atoms with E-state index in [1.807, 2.05) is 0 Å². The topological polar surface area (TPSA) is 92.3 Å². The summed E-state index contributed by atoms with van der Waals surface area (Å²) in [6, 6.07) is -0.296. The first-order valence-corrected chi connectivity index (χ1v) is 9.98. The van der Waals surface area contributed by atoms with Crippen molar-refractivity contribution < 1.29 is 24.1 Å². The van der Waals surface area contributed by atoms with Crippen molar-refractivity contribution in [2.75, 3.05) is 27.9 Å². The molecule has 3 fully saturated rings. The van der Waals surface area contributed by atoms with E-state index in [4.69, 9.17) is 14.2 Å². The van der Waals surface area contributed by atoms with E-state index in [1.54, 1.807) is 21.3 Å². The lowest BCUT2D eigenvalue weighted by Crippen LogP contribution is -2.71. The molecule has 0 aromatic heterocycles. The number of likely N-dealkylation sites (tertiary alicyclic amines) is 1. The Morgan fingerprint density at radius 2 is 1.67 bits per heavy atom. The lowest BCUT2D eigenvalue weighted by atomic mass is 9.65. The van der Waals surface area contributed by atoms with Gasteiger partial charge in [-0.1, -0.05) is 6.92 Å². The number of aliphatic carboxylic acids is 1. The molecule has 27 heavy (non-hydrogen) atoms. The predicted octanol–water partition coefficient (Wildman–Crippen LogP) is 0.675. The number of methoxy groups -OCH3 is 3. The summed E-state index contributed by atoms with van der Waals surface area (Å²) in [5.41, 5.74) is 0. The second-order valence-electron chi connectivity index (χ2n) is 8.38. The molecule has 0 bridgehead atoms. The molecular formula is C19H35N3O5. The van der Waals surface area contributed by atoms with Gasteiger partial charge in [0.05, 0.1) is 12.2 Å². The van der Waals surface area contributed by atoms with Crippen molar-refractivity contribution in [2.24, 2.45) is 17.8 Å². The monoisotopic (exact) mass is 385 g/mol. The van der Waals surface area contributed by atoms with Crippen molar-refractivity contribution in [3.8, 4) is 0 Å². The van der Waals surface area contributed by atoms with Gasteiger partial charge in [0.1, 0.15) is 18.6 Å². The predicted molar refractivity (Wildman–Crippen MR) is 100 cm³/mol. The number of nitrogens with zero attached hydrogens (tertiary/aromatic N) is 1. The molecule has 156 valence electrons. The third kappa shape index (κ3) is 4.16. The molecule has 9 atom stereocenters. The highest BCUT2D eigenvalue weighted by molar-refractivity contribution is 5.74. The summed E-state index contributed by atoms with van der Waals surface area (Å²) in [7, 11) is 5.13. The minimum absolute atomic E-state index is 0.0264. The van der Waals surface area contributed by atoms with Crippen molar-refractivity contribution in [1.82, 2.24) is 15.5 Å². The third-order valence-electron chi connectivity index (χ3n) is 6.86. The van der Waals surface area contributed by atoms with Crippen LogP contribution in [0.25, 0.3) is 0 Å². The van der Waals surface area contributed by atoms with Gasteiger partial charge in [0.15, 0.2) is 0 Å². The molecule has 2 aliphatic heterocycles. The molecule has 3 aliphatic rings. The van der Waals surface area contributed by atoms with Gasteiger partial charge in [0.25, 0.3) is 0 Å². The average Bonchev–Trinajstić information content (AvgIpc) is 2.65. The number of carbonyl (C=O) groups is 1. The molecule has 0 radical (unpaired) electrons. The van der Waals surface area contributed by atoms with Gasteiger partial charge in [0.2, 0.25) is 0 Å². The van der Waals surface area contributed by atoms with Crippen molar-refractivity contribution in [3.63, 3.8) is 0 Å². The van der Waals surface area contributed by atoms with Crippen LogP contribution in [-0.2, 0) is 19.0 Å². The minimum Gasteiger partial charge on any atom is -0.480 e. The van der Waals surface area contributed by atoms with E-state index in [1.165, 1.54) is 0 Å². The highest BCUT2D eigenvalue weighted by Gasteiger charge is 2.51. The van der Waals surface area contributed by atoms with Gasteiger partial charge >= 0.3 is 5.97 Å². The van der Waals surface area contributed by atoms with Gasteiger partial charge < -0.3 is 19.3 Å². The van der Waals surface area contributed by atoms with Crippen LogP contribution in [-0.4, -0.2) is 80.7 Å². The Labute approximate surface area is 161 Å². The SMILES string of the molecule is COC1CC(C)NC(N2CC3CC(OC)C(OC)CC3C(C)C2C(=O)O)N1. The van der Waals surface area contributed by atoms with E-state index in [0.29, 0.717) is 11.8 Å². The second-order valence-corrected chi connectivity index (χ2v) is 8.38. The molecule has 1 aliphatic carbocycles. The molecule has 9 unspecified atom stereocenters. The van der Waals surface area contributed by atoms with E-state index < -0.39 is 12.0 Å². The molecular weight excluding hydrogens is 350 g/mol. The normalized spacial score (nSPS) is 46.0. The largest absolute Gasteiger partial charge is 0.480 e. The maximum atomic E-state index is 12.2. The fourth-order valence-electron chi connectivity index (χ4n) is 5.45. The van der Waals surface area contributed by atoms with Gasteiger partial charge in [-0.25, -0.2) is 0 Å². The number of carboxylic acid groups (broad SMARTS) is 1. The quantitative estimate of drug-likeness (QED) is 0.636. The molecule has 3 N–H and O–H groups in total. The number of hydrogen-bond acceptors (Lipinski definition) is 7. The second kappa shape index (κ2) is 8.71. The van der Waals surface area contributed by atoms with Gasteiger partial charge in [-0.15, -0.1) is 0 Å². The van der Waals surface area contributed by atoms with E-state index in [0.717, 1.165) is 25.8 Å². The van der Waals surface area contributed by atoms with Crippen LogP contribution >= 0.6 is 0 Å². The van der Waals surface area contributed by atoms with Gasteiger partial charge in [0, 0.05) is 40.3 Å². The Kier molecular flexibility index (Phi) is 6.76. The fourth-order valence-corrected chi connectivity index (χ4v) is 5.45. The van der Waals surface area contributed by atoms with E-state index >= 15 is 0 Å². The van der Waals surface area contributed by atoms with Crippen molar-refractivity contribution in [2.45, 2.75) is 69.9 Å². The van der Waals surface area contributed by atoms with Gasteiger partial charge in [-0.2, -0.15) is 0 Å². The van der Waals surface area contributed by atoms with Crippen LogP contribution in [0.5, 0.6) is 0 Å². The number of hydrogen-bond donors (Lipinski definition) is 3. The molecule has 3 rings (SSSR count). The summed E-state index contributed by atoms with van der Waals surface area (Å²) in [4.78, 5) is 14.3. The van der Waals surface area contributed by atoms with Crippen LogP contribution in [0, 0.1) is 17.8 Å². The van der Waals surface area contributed by atoms with E-state index in [2.05, 4.69) is 29.4 Å². The first-order valence-electron chi connectivity index (χ1n) is 9.98. The Bertz CT molecular complexity index is 522. The molecule has 0 aromatic carbocycles. The van der Waals surface area contributed by atoms with Crippen LogP contribution in [0.3, 0.4) is 0 Å². The smallest absolute Gasteiger partial charge is 0.321 e. The molecule has 8 heteroatoms. The summed E-state index contributed by atoms with van der Waals surface area (Å²) in [6.07, 6.45) is 2.38. The lowest BCUT2D eigenvalue weighted by Gasteiger charge is -2.54. The Morgan fingerprint density at radius 1 is 1.00 bits per heavy atom. The standard InChI is InChI=1S/C19H35N3O5/c1-10-6-16(27-5)21-19(20-10)22-9-12-7-14(25-3)15(26-4)8-13(12)11(2)17(22)18(23)24/h10-17,19-21H,6-9H2,1-5H3,(H,23,24). The van der Waals surface area contributed by atoms with Crippen molar-refractivity contribution >= 4 is 5.97 Å². The van der Waals surface area contributed by atoms with E-state index in [-0.39, 0.29) is 36.7 Å². The number of carboxylic acids is 1. The van der Waals surface area contributed by atoms with E-state index in [9.17, 15) is 9.90 Å². The molecule has 0 aromatic rings. The molecule has 2 heterocycles. The Balaban J connectivity index is 1.83. The summed E-state index contributed by atoms with van der Waals surface area (Å²) in [5.74, 6) is -0.0372. The number of piperidine rings is 1. The summed E-state index contributed by atoms with van der Waals surface area (Å²) >= 11 is 0. The lowest BCUT2D eigenvalue weighted by molar-refractivity contribution is -0.168. The zero-order valence-electron chi connectivity index (χ0n) is 17.1. The number of fused-ring (bicyclic) bond motifs is 1. The highest BCUT2D eigenvalue weighted by atomic mass is 16.5. The summed E-state index contributed by atoms with van der Waals surface area (Å²) < 4.78 is 16.8. The summed E-state index contributed by atoms with van der Waals surface area (Å²) in [5, 5.41) is 17.0. The van der Waals surface area contributed by atoms with Crippen LogP contribution in [0.15, 0.2) is 0 Å². The van der Waals surface area contributed by atoms with Crippen LogP contribution in [0.2, 0.25) is 0 Å². The Hall–Kier alpha value is -0.770. The van der Waals surface area contributed by atoms with Crippen LogP contribution < -0.4 is 10.6 Å². The first-order chi connectivity index (χ1) is 12.9. The molecule has 2 saturated heterocycles. The molecule has 1 saturated carbocycles. The maximum Gasteiger partial charge on any atom is 0.321 e. The Morgan fingerprint density at radius 3 is 2.26 bits per heavy atom. The van der Waals surface area contributed by atoms with Gasteiger partial charge in [-0.05, 0) is 37.5 Å². The fraction of sp³-hybridized carbons (Fsp3) is 0.947. The van der Waals surface area contributed by atoms with Crippen molar-refractivity contribution in [1.29, 1.82) is 0 Å². The zero-order valence-corrected chi connectivity index (χ0v) is 17.1. The number of rotatable bonds is 5. The van der Waals surface area contributed by atoms with Gasteiger partial charge in [-0.3, -0.25) is 20.3 Å². The maximum absolute atomic E-state index is 12.2. The number of ether oxygens (including phenoxy) is 3.